The molecule has 0 amide bonds. The number of benzene rings is 4. The van der Waals surface area contributed by atoms with Gasteiger partial charge in [0.05, 0.1) is 17.5 Å². The van der Waals surface area contributed by atoms with Crippen LogP contribution in [0.25, 0.3) is 16.9 Å². The summed E-state index contributed by atoms with van der Waals surface area (Å²) in [5, 5.41) is 34.9. The van der Waals surface area contributed by atoms with Gasteiger partial charge in [-0.15, -0.1) is 16.4 Å². The molecule has 0 spiro atoms. The number of aliphatic hydroxyl groups excluding tert-OH is 1. The van der Waals surface area contributed by atoms with E-state index in [4.69, 9.17) is 21.8 Å². The Hall–Kier alpha value is -3.97. The molecule has 2 saturated carbocycles. The van der Waals surface area contributed by atoms with Crippen molar-refractivity contribution in [2.45, 2.75) is 63.9 Å². The fourth-order valence-electron chi connectivity index (χ4n) is 8.91. The van der Waals surface area contributed by atoms with Crippen molar-refractivity contribution in [3.63, 3.8) is 0 Å². The Kier molecular flexibility index (Phi) is 8.36. The third-order valence-electron chi connectivity index (χ3n) is 11.5. The molecular formula is C41H40ClN3O2S. The molecule has 0 bridgehead atoms. The highest BCUT2D eigenvalue weighted by Crippen LogP contribution is 2.61. The summed E-state index contributed by atoms with van der Waals surface area (Å²) in [6.45, 7) is 2.32. The third-order valence-corrected chi connectivity index (χ3v) is 12.5. The van der Waals surface area contributed by atoms with Gasteiger partial charge in [-0.25, -0.2) is 0 Å². The molecule has 0 saturated heterocycles. The molecule has 5 aromatic rings. The first kappa shape index (κ1) is 31.3. The van der Waals surface area contributed by atoms with Crippen LogP contribution in [0.2, 0.25) is 5.02 Å². The van der Waals surface area contributed by atoms with Crippen molar-refractivity contribution in [1.29, 1.82) is 0 Å². The Labute approximate surface area is 290 Å². The van der Waals surface area contributed by atoms with E-state index >= 15 is 0 Å². The molecular weight excluding hydrogens is 634 g/mol. The van der Waals surface area contributed by atoms with Gasteiger partial charge in [0.2, 0.25) is 4.80 Å². The number of aryl methyl sites for hydroxylation is 1. The monoisotopic (exact) mass is 673 g/mol. The summed E-state index contributed by atoms with van der Waals surface area (Å²) in [4.78, 5) is 0.742. The van der Waals surface area contributed by atoms with Gasteiger partial charge in [-0.2, -0.15) is 5.10 Å². The van der Waals surface area contributed by atoms with Gasteiger partial charge in [-0.05, 0) is 114 Å². The molecule has 2 fully saturated rings. The van der Waals surface area contributed by atoms with Crippen LogP contribution in [-0.4, -0.2) is 26.6 Å². The minimum Gasteiger partial charge on any atom is -0.508 e. The molecule has 3 aliphatic carbocycles. The zero-order chi connectivity index (χ0) is 32.8. The van der Waals surface area contributed by atoms with Crippen LogP contribution in [0, 0.1) is 17.3 Å². The van der Waals surface area contributed by atoms with E-state index in [1.165, 1.54) is 11.1 Å². The highest BCUT2D eigenvalue weighted by molar-refractivity contribution is 7.07. The van der Waals surface area contributed by atoms with Crippen molar-refractivity contribution >= 4 is 28.6 Å². The number of thiazole rings is 1. The molecule has 0 unspecified atom stereocenters. The summed E-state index contributed by atoms with van der Waals surface area (Å²) in [5.41, 5.74) is 8.43. The summed E-state index contributed by atoms with van der Waals surface area (Å²) in [5.74, 6) is 1.95. The zero-order valence-electron chi connectivity index (χ0n) is 27.1. The van der Waals surface area contributed by atoms with Crippen LogP contribution in [0.5, 0.6) is 5.75 Å². The predicted octanol–water partition coefficient (Wildman–Crippen LogP) is 9.33. The SMILES string of the molecule is C[C@]12CC[C@@H]3c4cc(C/C(=N\N=c5\scc(-c6ccccc6)n5-c5ccc(Cl)cc5)c5ccccc5)c(O)cc4CC[C@H]3[C@@H]1CC[C@@H]2O. The molecule has 2 N–H and O–H groups in total. The van der Waals surface area contributed by atoms with E-state index in [1.807, 2.05) is 66.7 Å². The van der Waals surface area contributed by atoms with E-state index in [1.54, 1.807) is 11.3 Å². The van der Waals surface area contributed by atoms with Crippen LogP contribution in [0.15, 0.2) is 113 Å². The molecule has 3 aliphatic rings. The quantitative estimate of drug-likeness (QED) is 0.139. The van der Waals surface area contributed by atoms with E-state index in [0.29, 0.717) is 34.9 Å². The van der Waals surface area contributed by atoms with Gasteiger partial charge in [0, 0.05) is 28.1 Å². The van der Waals surface area contributed by atoms with Gasteiger partial charge < -0.3 is 10.2 Å². The van der Waals surface area contributed by atoms with Crippen molar-refractivity contribution in [1.82, 2.24) is 4.57 Å². The molecule has 0 radical (unpaired) electrons. The highest BCUT2D eigenvalue weighted by atomic mass is 35.5. The van der Waals surface area contributed by atoms with Crippen LogP contribution < -0.4 is 4.80 Å². The molecule has 5 atom stereocenters. The van der Waals surface area contributed by atoms with E-state index in [0.717, 1.165) is 77.1 Å². The molecule has 1 heterocycles. The maximum Gasteiger partial charge on any atom is 0.215 e. The van der Waals surface area contributed by atoms with Crippen LogP contribution in [0.3, 0.4) is 0 Å². The number of halogens is 1. The predicted molar refractivity (Wildman–Crippen MR) is 195 cm³/mol. The number of nitrogens with zero attached hydrogens (tertiary/aromatic N) is 3. The molecule has 4 aromatic carbocycles. The van der Waals surface area contributed by atoms with Crippen molar-refractivity contribution in [2.75, 3.05) is 0 Å². The standard InChI is InChI=1S/C41H40ClN3O2S/c1-41-21-20-32-33(35(41)18-19-39(41)47)17-12-28-24-38(46)29(22-34(28)32)23-36(26-8-4-2-5-9-26)43-44-40-45(31-15-13-30(42)14-16-31)37(25-48-40)27-10-6-3-7-11-27/h2-11,13-16,22,24-25,32-33,35,39,46-47H,12,17-21,23H2,1H3/b43-36+,44-40+/t32-,33+,35-,39-,41-/m0/s1. The van der Waals surface area contributed by atoms with Crippen molar-refractivity contribution < 1.29 is 10.2 Å². The largest absolute Gasteiger partial charge is 0.508 e. The molecule has 244 valence electrons. The van der Waals surface area contributed by atoms with Gasteiger partial charge in [-0.1, -0.05) is 85.3 Å². The maximum atomic E-state index is 11.4. The minimum absolute atomic E-state index is 0.0398. The number of hydrogen-bond acceptors (Lipinski definition) is 5. The van der Waals surface area contributed by atoms with Crippen LogP contribution in [-0.2, 0) is 12.8 Å². The van der Waals surface area contributed by atoms with Gasteiger partial charge in [0.25, 0.3) is 0 Å². The number of aromatic hydroxyl groups is 1. The second-order valence-electron chi connectivity index (χ2n) is 14.0. The highest BCUT2D eigenvalue weighted by Gasteiger charge is 2.54. The van der Waals surface area contributed by atoms with E-state index in [9.17, 15) is 10.2 Å². The Bertz CT molecular complexity index is 2040. The Morgan fingerprint density at radius 3 is 2.46 bits per heavy atom. The van der Waals surface area contributed by atoms with Crippen molar-refractivity contribution in [3.05, 3.63) is 135 Å². The molecule has 5 nitrogen and oxygen atoms in total. The number of aliphatic hydroxyl groups is 1. The molecule has 1 aromatic heterocycles. The topological polar surface area (TPSA) is 70.1 Å². The lowest BCUT2D eigenvalue weighted by Crippen LogP contribution is -2.43. The second-order valence-corrected chi connectivity index (χ2v) is 15.3. The Morgan fingerprint density at radius 2 is 1.69 bits per heavy atom. The van der Waals surface area contributed by atoms with Crippen LogP contribution in [0.1, 0.15) is 67.2 Å². The number of aromatic nitrogens is 1. The lowest BCUT2D eigenvalue weighted by atomic mass is 9.55. The average molecular weight is 674 g/mol. The van der Waals surface area contributed by atoms with Gasteiger partial charge in [-0.3, -0.25) is 4.57 Å². The lowest BCUT2D eigenvalue weighted by molar-refractivity contribution is -0.0226. The summed E-state index contributed by atoms with van der Waals surface area (Å²) >= 11 is 7.81. The Balaban J connectivity index is 1.19. The van der Waals surface area contributed by atoms with Crippen molar-refractivity contribution in [2.24, 2.45) is 27.5 Å². The van der Waals surface area contributed by atoms with Crippen molar-refractivity contribution in [3.8, 4) is 22.7 Å². The van der Waals surface area contributed by atoms with Gasteiger partial charge in [0.15, 0.2) is 0 Å². The molecule has 8 rings (SSSR count). The summed E-state index contributed by atoms with van der Waals surface area (Å²) in [7, 11) is 0. The average Bonchev–Trinajstić information content (AvgIpc) is 3.68. The zero-order valence-corrected chi connectivity index (χ0v) is 28.7. The first-order valence-corrected chi connectivity index (χ1v) is 18.4. The van der Waals surface area contributed by atoms with Crippen LogP contribution >= 0.6 is 22.9 Å². The van der Waals surface area contributed by atoms with E-state index in [-0.39, 0.29) is 11.5 Å². The molecule has 7 heteroatoms. The van der Waals surface area contributed by atoms with Gasteiger partial charge in [0.1, 0.15) is 5.75 Å². The first-order valence-electron chi connectivity index (χ1n) is 17.1. The smallest absolute Gasteiger partial charge is 0.215 e. The fraction of sp³-hybridized carbons (Fsp3) is 0.317. The maximum absolute atomic E-state index is 11.4. The van der Waals surface area contributed by atoms with E-state index < -0.39 is 0 Å². The number of fused-ring (bicyclic) bond motifs is 5. The van der Waals surface area contributed by atoms with Crippen LogP contribution in [0.4, 0.5) is 0 Å². The number of rotatable bonds is 6. The summed E-state index contributed by atoms with van der Waals surface area (Å²) in [6.07, 6.45) is 6.59. The molecule has 0 aliphatic heterocycles. The van der Waals surface area contributed by atoms with Gasteiger partial charge >= 0.3 is 0 Å². The second kappa shape index (κ2) is 12.8. The number of phenolic OH excluding ortho intramolecular Hbond substituents is 1. The number of phenols is 1. The minimum atomic E-state index is -0.181. The molecule has 48 heavy (non-hydrogen) atoms. The third kappa shape index (κ3) is 5.64. The summed E-state index contributed by atoms with van der Waals surface area (Å²) in [6, 6.07) is 32.5. The first-order chi connectivity index (χ1) is 23.4. The Morgan fingerprint density at radius 1 is 0.938 bits per heavy atom. The summed E-state index contributed by atoms with van der Waals surface area (Å²) < 4.78 is 2.12. The lowest BCUT2D eigenvalue weighted by Gasteiger charge is -2.50. The normalized spacial score (nSPS) is 25.4. The fourth-order valence-corrected chi connectivity index (χ4v) is 9.89. The van der Waals surface area contributed by atoms with E-state index in [2.05, 4.69) is 47.2 Å². The number of hydrogen-bond donors (Lipinski definition) is 2.